The number of aromatic nitrogens is 2. The Morgan fingerprint density at radius 1 is 1.21 bits per heavy atom. The van der Waals surface area contributed by atoms with E-state index < -0.39 is 21.7 Å². The van der Waals surface area contributed by atoms with Crippen LogP contribution in [0, 0.1) is 11.6 Å². The molecular formula is C15H18F2N4O2S. The minimum absolute atomic E-state index is 0.250. The highest BCUT2D eigenvalue weighted by Gasteiger charge is 2.26. The van der Waals surface area contributed by atoms with Gasteiger partial charge in [0.2, 0.25) is 16.0 Å². The number of hydrogen-bond donors (Lipinski definition) is 1. The van der Waals surface area contributed by atoms with Crippen molar-refractivity contribution in [2.45, 2.75) is 23.8 Å². The van der Waals surface area contributed by atoms with Gasteiger partial charge in [0.15, 0.2) is 11.6 Å². The Bertz CT molecular complexity index is 830. The molecular weight excluding hydrogens is 338 g/mol. The number of piperidine rings is 1. The maximum absolute atomic E-state index is 13.3. The number of aryl methyl sites for hydroxylation is 1. The van der Waals surface area contributed by atoms with Crippen LogP contribution in [-0.4, -0.2) is 37.1 Å². The van der Waals surface area contributed by atoms with Gasteiger partial charge in [-0.2, -0.15) is 0 Å². The molecule has 24 heavy (non-hydrogen) atoms. The molecule has 6 nitrogen and oxygen atoms in total. The Morgan fingerprint density at radius 2 is 1.92 bits per heavy atom. The lowest BCUT2D eigenvalue weighted by Gasteiger charge is -2.32. The number of nitrogens with one attached hydrogen (secondary N) is 1. The van der Waals surface area contributed by atoms with Gasteiger partial charge in [-0.05, 0) is 31.0 Å². The third-order valence-corrected chi connectivity index (χ3v) is 5.61. The van der Waals surface area contributed by atoms with Crippen molar-refractivity contribution in [2.24, 2.45) is 7.05 Å². The molecule has 0 amide bonds. The molecule has 0 aliphatic carbocycles. The summed E-state index contributed by atoms with van der Waals surface area (Å²) in [4.78, 5) is 6.09. The second-order valence-corrected chi connectivity index (χ2v) is 7.51. The topological polar surface area (TPSA) is 67.2 Å². The molecule has 2 heterocycles. The first-order valence-electron chi connectivity index (χ1n) is 7.56. The molecule has 1 aliphatic rings. The quantitative estimate of drug-likeness (QED) is 0.905. The fourth-order valence-electron chi connectivity index (χ4n) is 2.79. The van der Waals surface area contributed by atoms with Crippen molar-refractivity contribution >= 4 is 16.0 Å². The van der Waals surface area contributed by atoms with Gasteiger partial charge in [0.25, 0.3) is 0 Å². The molecule has 130 valence electrons. The number of rotatable bonds is 4. The van der Waals surface area contributed by atoms with Crippen LogP contribution in [0.15, 0.2) is 35.5 Å². The van der Waals surface area contributed by atoms with Crippen molar-refractivity contribution in [3.63, 3.8) is 0 Å². The van der Waals surface area contributed by atoms with Gasteiger partial charge in [-0.3, -0.25) is 0 Å². The van der Waals surface area contributed by atoms with Crippen LogP contribution in [-0.2, 0) is 17.1 Å². The van der Waals surface area contributed by atoms with Crippen molar-refractivity contribution in [3.05, 3.63) is 42.2 Å². The highest BCUT2D eigenvalue weighted by atomic mass is 32.2. The monoisotopic (exact) mass is 356 g/mol. The van der Waals surface area contributed by atoms with Gasteiger partial charge in [-0.1, -0.05) is 0 Å². The van der Waals surface area contributed by atoms with Crippen molar-refractivity contribution in [1.29, 1.82) is 0 Å². The fraction of sp³-hybridized carbons (Fsp3) is 0.400. The number of nitrogens with zero attached hydrogens (tertiary/aromatic N) is 3. The standard InChI is InChI=1S/C15H18F2N4O2S/c1-20-9-6-18-15(20)21-7-4-11(5-8-21)19-24(22,23)12-2-3-13(16)14(17)10-12/h2-3,6,9-11,19H,4-5,7-8H2,1H3. The van der Waals surface area contributed by atoms with Gasteiger partial charge in [0.05, 0.1) is 4.90 Å². The van der Waals surface area contributed by atoms with Gasteiger partial charge in [-0.25, -0.2) is 26.9 Å². The van der Waals surface area contributed by atoms with Gasteiger partial charge >= 0.3 is 0 Å². The molecule has 2 aromatic rings. The smallest absolute Gasteiger partial charge is 0.240 e. The molecule has 0 radical (unpaired) electrons. The molecule has 0 bridgehead atoms. The summed E-state index contributed by atoms with van der Waals surface area (Å²) in [5, 5.41) is 0. The predicted octanol–water partition coefficient (Wildman–Crippen LogP) is 1.65. The predicted molar refractivity (Wildman–Crippen MR) is 85.1 cm³/mol. The van der Waals surface area contributed by atoms with E-state index in [2.05, 4.69) is 14.6 Å². The number of imidazole rings is 1. The molecule has 0 unspecified atom stereocenters. The Hall–Kier alpha value is -2.00. The molecule has 1 N–H and O–H groups in total. The maximum Gasteiger partial charge on any atom is 0.240 e. The minimum atomic E-state index is -3.87. The fourth-order valence-corrected chi connectivity index (χ4v) is 4.11. The van der Waals surface area contributed by atoms with Crippen molar-refractivity contribution in [2.75, 3.05) is 18.0 Å². The summed E-state index contributed by atoms with van der Waals surface area (Å²) in [5.74, 6) is -1.41. The zero-order chi connectivity index (χ0) is 17.3. The second-order valence-electron chi connectivity index (χ2n) is 5.80. The summed E-state index contributed by atoms with van der Waals surface area (Å²) in [6, 6.07) is 2.32. The normalized spacial score (nSPS) is 16.5. The van der Waals surface area contributed by atoms with Gasteiger partial charge in [0, 0.05) is 38.6 Å². The van der Waals surface area contributed by atoms with Gasteiger partial charge in [-0.15, -0.1) is 0 Å². The van der Waals surface area contributed by atoms with E-state index in [0.717, 1.165) is 18.1 Å². The van der Waals surface area contributed by atoms with Crippen LogP contribution >= 0.6 is 0 Å². The van der Waals surface area contributed by atoms with E-state index in [1.807, 2.05) is 17.8 Å². The average molecular weight is 356 g/mol. The highest BCUT2D eigenvalue weighted by molar-refractivity contribution is 7.89. The second kappa shape index (κ2) is 6.48. The van der Waals surface area contributed by atoms with Crippen LogP contribution in [0.25, 0.3) is 0 Å². The third-order valence-electron chi connectivity index (χ3n) is 4.10. The molecule has 0 atom stereocenters. The average Bonchev–Trinajstić information content (AvgIpc) is 2.96. The van der Waals surface area contributed by atoms with Crippen LogP contribution in [0.1, 0.15) is 12.8 Å². The summed E-state index contributed by atoms with van der Waals surface area (Å²) in [5.41, 5.74) is 0. The van der Waals surface area contributed by atoms with E-state index in [4.69, 9.17) is 0 Å². The van der Waals surface area contributed by atoms with Crippen LogP contribution in [0.5, 0.6) is 0 Å². The minimum Gasteiger partial charge on any atom is -0.342 e. The molecule has 1 fully saturated rings. The summed E-state index contributed by atoms with van der Waals surface area (Å²) >= 11 is 0. The summed E-state index contributed by atoms with van der Waals surface area (Å²) < 4.78 is 55.3. The molecule has 1 aliphatic heterocycles. The number of hydrogen-bond acceptors (Lipinski definition) is 4. The highest BCUT2D eigenvalue weighted by Crippen LogP contribution is 2.20. The van der Waals surface area contributed by atoms with Crippen molar-refractivity contribution in [3.8, 4) is 0 Å². The summed E-state index contributed by atoms with van der Waals surface area (Å²) in [6.07, 6.45) is 4.78. The van der Waals surface area contributed by atoms with E-state index >= 15 is 0 Å². The first-order chi connectivity index (χ1) is 11.4. The summed E-state index contributed by atoms with van der Waals surface area (Å²) in [6.45, 7) is 1.33. The Balaban J connectivity index is 1.65. The largest absolute Gasteiger partial charge is 0.342 e. The molecule has 3 rings (SSSR count). The first-order valence-corrected chi connectivity index (χ1v) is 9.05. The van der Waals surface area contributed by atoms with E-state index in [-0.39, 0.29) is 10.9 Å². The summed E-state index contributed by atoms with van der Waals surface area (Å²) in [7, 11) is -1.97. The molecule has 9 heteroatoms. The zero-order valence-electron chi connectivity index (χ0n) is 13.1. The Kier molecular flexibility index (Phi) is 4.55. The first kappa shape index (κ1) is 16.8. The maximum atomic E-state index is 13.3. The van der Waals surface area contributed by atoms with Gasteiger partial charge in [0.1, 0.15) is 0 Å². The lowest BCUT2D eigenvalue weighted by Crippen LogP contribution is -2.45. The molecule has 0 saturated carbocycles. The number of anilines is 1. The zero-order valence-corrected chi connectivity index (χ0v) is 13.9. The molecule has 1 aromatic heterocycles. The van der Waals surface area contributed by atoms with E-state index in [0.29, 0.717) is 32.0 Å². The van der Waals surface area contributed by atoms with E-state index in [1.54, 1.807) is 6.20 Å². The van der Waals surface area contributed by atoms with E-state index in [1.165, 1.54) is 0 Å². The van der Waals surface area contributed by atoms with Crippen molar-refractivity contribution in [1.82, 2.24) is 14.3 Å². The van der Waals surface area contributed by atoms with Gasteiger partial charge < -0.3 is 9.47 Å². The lowest BCUT2D eigenvalue weighted by atomic mass is 10.1. The van der Waals surface area contributed by atoms with Crippen molar-refractivity contribution < 1.29 is 17.2 Å². The van der Waals surface area contributed by atoms with Crippen LogP contribution in [0.3, 0.4) is 0 Å². The van der Waals surface area contributed by atoms with Crippen LogP contribution < -0.4 is 9.62 Å². The van der Waals surface area contributed by atoms with Crippen LogP contribution in [0.2, 0.25) is 0 Å². The molecule has 1 aromatic carbocycles. The number of halogens is 2. The number of sulfonamides is 1. The third kappa shape index (κ3) is 3.41. The Morgan fingerprint density at radius 3 is 2.50 bits per heavy atom. The lowest BCUT2D eigenvalue weighted by molar-refractivity contribution is 0.453. The SMILES string of the molecule is Cn1ccnc1N1CCC(NS(=O)(=O)c2ccc(F)c(F)c2)CC1. The molecule has 1 saturated heterocycles. The molecule has 0 spiro atoms. The number of benzene rings is 1. The Labute approximate surface area is 139 Å². The van der Waals surface area contributed by atoms with E-state index in [9.17, 15) is 17.2 Å². The van der Waals surface area contributed by atoms with Crippen LogP contribution in [0.4, 0.5) is 14.7 Å².